The molecule has 1 saturated heterocycles. The van der Waals surface area contributed by atoms with Crippen LogP contribution in [0.4, 0.5) is 15.8 Å². The molecule has 5 rings (SSSR count). The lowest BCUT2D eigenvalue weighted by Gasteiger charge is -2.32. The zero-order chi connectivity index (χ0) is 24.4. The average Bonchev–Trinajstić information content (AvgIpc) is 3.43. The number of aromatic nitrogens is 3. The number of anilines is 2. The molecule has 0 radical (unpaired) electrons. The normalized spacial score (nSPS) is 14.2. The van der Waals surface area contributed by atoms with Crippen molar-refractivity contribution in [1.82, 2.24) is 14.4 Å². The summed E-state index contributed by atoms with van der Waals surface area (Å²) < 4.78 is 22.2. The van der Waals surface area contributed by atoms with Crippen molar-refractivity contribution in [2.45, 2.75) is 39.7 Å². The van der Waals surface area contributed by atoms with Crippen LogP contribution in [0.5, 0.6) is 5.19 Å². The predicted molar refractivity (Wildman–Crippen MR) is 135 cm³/mol. The Bertz CT molecular complexity index is 1330. The van der Waals surface area contributed by atoms with E-state index in [4.69, 9.17) is 10.5 Å². The van der Waals surface area contributed by atoms with Gasteiger partial charge in [0.25, 0.3) is 11.1 Å². The summed E-state index contributed by atoms with van der Waals surface area (Å²) in [6.07, 6.45) is 5.18. The first-order valence-electron chi connectivity index (χ1n) is 11.4. The van der Waals surface area contributed by atoms with E-state index in [2.05, 4.69) is 20.2 Å². The van der Waals surface area contributed by atoms with Gasteiger partial charge in [0.05, 0.1) is 34.4 Å². The number of ether oxygens (including phenoxy) is 1. The molecule has 1 aliphatic rings. The second-order valence-corrected chi connectivity index (χ2v) is 8.92. The minimum absolute atomic E-state index is 0.220. The highest BCUT2D eigenvalue weighted by Gasteiger charge is 2.23. The highest BCUT2D eigenvalue weighted by molar-refractivity contribution is 7.21. The smallest absolute Gasteiger partial charge is 0.274 e. The average molecular weight is 485 g/mol. The number of carbonyl (C=O) groups is 1. The Hall–Kier alpha value is -3.24. The minimum Gasteiger partial charge on any atom is -0.473 e. The summed E-state index contributed by atoms with van der Waals surface area (Å²) in [5, 5.41) is 3.27. The van der Waals surface area contributed by atoms with Gasteiger partial charge in [-0.15, -0.1) is 0 Å². The zero-order valence-corrected chi connectivity index (χ0v) is 20.6. The fraction of sp³-hybridized carbons (Fsp3) is 0.375. The molecular weight excluding hydrogens is 455 g/mol. The Balaban J connectivity index is 0.00000133. The first-order chi connectivity index (χ1) is 16.4. The summed E-state index contributed by atoms with van der Waals surface area (Å²) in [6.45, 7) is 7.49. The molecule has 0 bridgehead atoms. The fourth-order valence-electron chi connectivity index (χ4n) is 4.08. The van der Waals surface area contributed by atoms with Crippen molar-refractivity contribution in [1.29, 1.82) is 0 Å². The van der Waals surface area contributed by atoms with Gasteiger partial charge in [-0.05, 0) is 31.9 Å². The van der Waals surface area contributed by atoms with Crippen LogP contribution in [0.25, 0.3) is 15.9 Å². The van der Waals surface area contributed by atoms with E-state index in [-0.39, 0.29) is 17.6 Å². The number of thiazole rings is 1. The number of nitrogens with one attached hydrogen (secondary N) is 1. The van der Waals surface area contributed by atoms with Crippen LogP contribution in [0.2, 0.25) is 0 Å². The number of amides is 1. The quantitative estimate of drug-likeness (QED) is 0.439. The molecule has 10 heteroatoms. The number of piperidine rings is 1. The number of hydrogen-bond acceptors (Lipinski definition) is 7. The standard InChI is InChI=1S/C22H23FN6O2S.C2H6/c1-12-10-29-11-14(9-16(23)20(29)25-12)26-21(30)15-3-4-17(28-7-5-13(24)6-8-28)19-18(15)27-22(31-2)32-19;1-2/h3-4,9-11,13H,5-8,24H2,1-2H3,(H,26,30);1-2H3. The predicted octanol–water partition coefficient (Wildman–Crippen LogP) is 4.61. The van der Waals surface area contributed by atoms with Crippen molar-refractivity contribution in [2.24, 2.45) is 5.73 Å². The highest BCUT2D eigenvalue weighted by atomic mass is 32.1. The molecule has 0 saturated carbocycles. The summed E-state index contributed by atoms with van der Waals surface area (Å²) in [5.74, 6) is -0.874. The van der Waals surface area contributed by atoms with Crippen LogP contribution < -0.4 is 20.7 Å². The largest absolute Gasteiger partial charge is 0.473 e. The first-order valence-corrected chi connectivity index (χ1v) is 12.2. The lowest BCUT2D eigenvalue weighted by molar-refractivity contribution is 0.102. The van der Waals surface area contributed by atoms with Gasteiger partial charge >= 0.3 is 0 Å². The molecule has 1 amide bonds. The number of nitrogens with zero attached hydrogens (tertiary/aromatic N) is 4. The molecule has 3 aromatic heterocycles. The van der Waals surface area contributed by atoms with Crippen LogP contribution >= 0.6 is 11.3 Å². The minimum atomic E-state index is -0.505. The molecule has 8 nitrogen and oxygen atoms in total. The van der Waals surface area contributed by atoms with E-state index in [1.165, 1.54) is 17.4 Å². The van der Waals surface area contributed by atoms with Crippen LogP contribution in [0.1, 0.15) is 42.7 Å². The lowest BCUT2D eigenvalue weighted by atomic mass is 10.0. The molecule has 4 heterocycles. The highest BCUT2D eigenvalue weighted by Crippen LogP contribution is 2.38. The van der Waals surface area contributed by atoms with Gasteiger partial charge in [-0.1, -0.05) is 25.2 Å². The van der Waals surface area contributed by atoms with Gasteiger partial charge in [-0.3, -0.25) is 4.79 Å². The Kier molecular flexibility index (Phi) is 6.99. The van der Waals surface area contributed by atoms with Gasteiger partial charge in [0.15, 0.2) is 11.5 Å². The maximum absolute atomic E-state index is 14.4. The first kappa shape index (κ1) is 23.9. The van der Waals surface area contributed by atoms with Gasteiger partial charge in [-0.2, -0.15) is 0 Å². The summed E-state index contributed by atoms with van der Waals surface area (Å²) in [4.78, 5) is 24.1. The number of pyridine rings is 1. The summed E-state index contributed by atoms with van der Waals surface area (Å²) in [5.41, 5.74) is 9.29. The third-order valence-corrected chi connectivity index (χ3v) is 6.73. The third-order valence-electron chi connectivity index (χ3n) is 5.69. The monoisotopic (exact) mass is 484 g/mol. The van der Waals surface area contributed by atoms with Crippen molar-refractivity contribution in [3.8, 4) is 5.19 Å². The second-order valence-electron chi connectivity index (χ2n) is 7.96. The summed E-state index contributed by atoms with van der Waals surface area (Å²) >= 11 is 1.40. The Morgan fingerprint density at radius 3 is 2.68 bits per heavy atom. The van der Waals surface area contributed by atoms with Gasteiger partial charge < -0.3 is 25.1 Å². The molecule has 0 atom stereocenters. The number of carbonyl (C=O) groups excluding carboxylic acids is 1. The number of nitrogens with two attached hydrogens (primary N) is 1. The van der Waals surface area contributed by atoms with Crippen LogP contribution in [0.15, 0.2) is 30.6 Å². The van der Waals surface area contributed by atoms with Crippen LogP contribution in [-0.2, 0) is 0 Å². The van der Waals surface area contributed by atoms with E-state index in [1.807, 2.05) is 19.9 Å². The molecule has 180 valence electrons. The Morgan fingerprint density at radius 1 is 1.24 bits per heavy atom. The van der Waals surface area contributed by atoms with Crippen molar-refractivity contribution in [3.05, 3.63) is 47.7 Å². The van der Waals surface area contributed by atoms with Crippen molar-refractivity contribution >= 4 is 44.5 Å². The van der Waals surface area contributed by atoms with Gasteiger partial charge in [0, 0.05) is 37.6 Å². The van der Waals surface area contributed by atoms with Gasteiger partial charge in [0.1, 0.15) is 5.52 Å². The lowest BCUT2D eigenvalue weighted by Crippen LogP contribution is -2.39. The van der Waals surface area contributed by atoms with Crippen molar-refractivity contribution in [2.75, 3.05) is 30.4 Å². The van der Waals surface area contributed by atoms with Crippen LogP contribution in [-0.4, -0.2) is 46.5 Å². The second kappa shape index (κ2) is 9.94. The number of fused-ring (bicyclic) bond motifs is 2. The van der Waals surface area contributed by atoms with Crippen molar-refractivity contribution in [3.63, 3.8) is 0 Å². The van der Waals surface area contributed by atoms with Crippen LogP contribution in [0, 0.1) is 12.7 Å². The topological polar surface area (TPSA) is 97.8 Å². The maximum atomic E-state index is 14.4. The van der Waals surface area contributed by atoms with E-state index in [1.54, 1.807) is 36.9 Å². The van der Waals surface area contributed by atoms with E-state index < -0.39 is 5.82 Å². The summed E-state index contributed by atoms with van der Waals surface area (Å²) in [6, 6.07) is 5.19. The zero-order valence-electron chi connectivity index (χ0n) is 19.8. The third kappa shape index (κ3) is 4.55. The van der Waals surface area contributed by atoms with Gasteiger partial charge in [-0.25, -0.2) is 14.4 Å². The molecule has 0 aliphatic carbocycles. The molecule has 3 N–H and O–H groups in total. The number of rotatable bonds is 4. The SMILES string of the molecule is CC.COc1nc2c(C(=O)Nc3cc(F)c4nc(C)cn4c3)ccc(N3CCC(N)CC3)c2s1. The van der Waals surface area contributed by atoms with E-state index in [0.717, 1.165) is 36.3 Å². The molecular formula is C24H29FN6O2S. The number of halogens is 1. The number of imidazole rings is 1. The molecule has 0 spiro atoms. The Labute approximate surface area is 201 Å². The number of benzene rings is 1. The van der Waals surface area contributed by atoms with E-state index in [9.17, 15) is 9.18 Å². The maximum Gasteiger partial charge on any atom is 0.274 e. The van der Waals surface area contributed by atoms with Crippen LogP contribution in [0.3, 0.4) is 0 Å². The number of hydrogen-bond donors (Lipinski definition) is 2. The van der Waals surface area contributed by atoms with Gasteiger partial charge in [0.2, 0.25) is 0 Å². The van der Waals surface area contributed by atoms with Crippen molar-refractivity contribution < 1.29 is 13.9 Å². The molecule has 1 aliphatic heterocycles. The number of aryl methyl sites for hydroxylation is 1. The molecule has 1 aromatic carbocycles. The summed E-state index contributed by atoms with van der Waals surface area (Å²) in [7, 11) is 1.56. The Morgan fingerprint density at radius 2 is 1.97 bits per heavy atom. The number of methoxy groups -OCH3 is 1. The van der Waals surface area contributed by atoms with E-state index in [0.29, 0.717) is 27.7 Å². The molecule has 1 fully saturated rings. The van der Waals surface area contributed by atoms with E-state index >= 15 is 0 Å². The fourth-order valence-corrected chi connectivity index (χ4v) is 5.03. The molecule has 4 aromatic rings. The molecule has 0 unspecified atom stereocenters. The molecule has 34 heavy (non-hydrogen) atoms.